The largest absolute Gasteiger partial charge is 0.397 e. The molecule has 0 radical (unpaired) electrons. The van der Waals surface area contributed by atoms with Gasteiger partial charge in [0.15, 0.2) is 0 Å². The number of amides is 1. The summed E-state index contributed by atoms with van der Waals surface area (Å²) in [6.07, 6.45) is 1.59. The van der Waals surface area contributed by atoms with Gasteiger partial charge in [0.1, 0.15) is 0 Å². The molecule has 1 amide bonds. The summed E-state index contributed by atoms with van der Waals surface area (Å²) < 4.78 is 5.35. The summed E-state index contributed by atoms with van der Waals surface area (Å²) in [6.45, 7) is 2.35. The molecular weight excluding hydrogens is 316 g/mol. The molecule has 2 N–H and O–H groups in total. The van der Waals surface area contributed by atoms with E-state index in [1.54, 1.807) is 12.3 Å². The number of nitrogens with two attached hydrogens (primary N) is 1. The number of nitrogen functional groups attached to an aromatic ring is 1. The van der Waals surface area contributed by atoms with Crippen molar-refractivity contribution in [2.75, 3.05) is 32.0 Å². The van der Waals surface area contributed by atoms with Gasteiger partial charge >= 0.3 is 0 Å². The molecule has 1 aliphatic heterocycles. The van der Waals surface area contributed by atoms with Crippen LogP contribution in [-0.4, -0.2) is 47.1 Å². The normalized spacial score (nSPS) is 14.6. The first-order valence-corrected chi connectivity index (χ1v) is 8.21. The Balaban J connectivity index is 1.83. The van der Waals surface area contributed by atoms with Crippen molar-refractivity contribution in [3.8, 4) is 11.4 Å². The fraction of sp³-hybridized carbons (Fsp3) is 0.211. The lowest BCUT2D eigenvalue weighted by atomic mass is 10.0. The highest BCUT2D eigenvalue weighted by molar-refractivity contribution is 6.07. The first kappa shape index (κ1) is 15.5. The summed E-state index contributed by atoms with van der Waals surface area (Å²) >= 11 is 0. The number of aromatic nitrogens is 2. The first-order chi connectivity index (χ1) is 12.2. The molecule has 1 aromatic carbocycles. The van der Waals surface area contributed by atoms with Crippen LogP contribution in [0.25, 0.3) is 22.3 Å². The summed E-state index contributed by atoms with van der Waals surface area (Å²) in [4.78, 5) is 23.9. The van der Waals surface area contributed by atoms with Crippen LogP contribution in [0.3, 0.4) is 0 Å². The van der Waals surface area contributed by atoms with Crippen molar-refractivity contribution >= 4 is 22.5 Å². The SMILES string of the molecule is Nc1ccc(-c2cc(C(=O)N3CCOCC3)c3ccccc3n2)nc1. The van der Waals surface area contributed by atoms with Crippen LogP contribution in [0.5, 0.6) is 0 Å². The Morgan fingerprint density at radius 1 is 1.08 bits per heavy atom. The number of morpholine rings is 1. The average Bonchev–Trinajstić information content (AvgIpc) is 2.68. The molecule has 3 aromatic rings. The molecule has 1 aliphatic rings. The van der Waals surface area contributed by atoms with Gasteiger partial charge in [-0.15, -0.1) is 0 Å². The van der Waals surface area contributed by atoms with Crippen LogP contribution in [-0.2, 0) is 4.74 Å². The number of benzene rings is 1. The van der Waals surface area contributed by atoms with Gasteiger partial charge in [0, 0.05) is 18.5 Å². The number of anilines is 1. The van der Waals surface area contributed by atoms with Crippen LogP contribution < -0.4 is 5.73 Å². The Kier molecular flexibility index (Phi) is 4.03. The van der Waals surface area contributed by atoms with Gasteiger partial charge in [0.25, 0.3) is 5.91 Å². The highest BCUT2D eigenvalue weighted by Crippen LogP contribution is 2.25. The minimum atomic E-state index is -0.00130. The van der Waals surface area contributed by atoms with Crippen LogP contribution in [0.2, 0.25) is 0 Å². The molecular formula is C19H18N4O2. The Morgan fingerprint density at radius 2 is 1.88 bits per heavy atom. The molecule has 2 aromatic heterocycles. The van der Waals surface area contributed by atoms with Crippen molar-refractivity contribution in [2.45, 2.75) is 0 Å². The number of fused-ring (bicyclic) bond motifs is 1. The summed E-state index contributed by atoms with van der Waals surface area (Å²) in [5.74, 6) is -0.00130. The maximum absolute atomic E-state index is 13.1. The van der Waals surface area contributed by atoms with Crippen LogP contribution in [0, 0.1) is 0 Å². The Labute approximate surface area is 145 Å². The Morgan fingerprint density at radius 3 is 2.64 bits per heavy atom. The second-order valence-corrected chi connectivity index (χ2v) is 5.95. The third-order valence-electron chi connectivity index (χ3n) is 4.29. The predicted molar refractivity (Wildman–Crippen MR) is 96.1 cm³/mol. The molecule has 6 nitrogen and oxygen atoms in total. The molecule has 0 atom stereocenters. The Bertz CT molecular complexity index is 918. The van der Waals surface area contributed by atoms with Crippen molar-refractivity contribution in [1.82, 2.24) is 14.9 Å². The van der Waals surface area contributed by atoms with Crippen molar-refractivity contribution in [3.63, 3.8) is 0 Å². The number of nitrogens with zero attached hydrogens (tertiary/aromatic N) is 3. The molecule has 1 fully saturated rings. The summed E-state index contributed by atoms with van der Waals surface area (Å²) in [7, 11) is 0. The van der Waals surface area contributed by atoms with E-state index in [2.05, 4.69) is 9.97 Å². The molecule has 3 heterocycles. The van der Waals surface area contributed by atoms with Gasteiger partial charge < -0.3 is 15.4 Å². The lowest BCUT2D eigenvalue weighted by molar-refractivity contribution is 0.0304. The van der Waals surface area contributed by atoms with Crippen molar-refractivity contribution in [1.29, 1.82) is 0 Å². The number of para-hydroxylation sites is 1. The van der Waals surface area contributed by atoms with Gasteiger partial charge in [-0.05, 0) is 24.3 Å². The van der Waals surface area contributed by atoms with E-state index in [9.17, 15) is 4.79 Å². The number of pyridine rings is 2. The molecule has 0 spiro atoms. The zero-order valence-corrected chi connectivity index (χ0v) is 13.7. The van der Waals surface area contributed by atoms with Crippen LogP contribution in [0.1, 0.15) is 10.4 Å². The molecule has 126 valence electrons. The molecule has 0 aliphatic carbocycles. The minimum Gasteiger partial charge on any atom is -0.397 e. The summed E-state index contributed by atoms with van der Waals surface area (Å²) in [5, 5.41) is 0.846. The highest BCUT2D eigenvalue weighted by atomic mass is 16.5. The minimum absolute atomic E-state index is 0.00130. The standard InChI is InChI=1S/C19H18N4O2/c20-13-5-6-17(21-12-13)18-11-15(14-3-1-2-4-16(14)22-18)19(24)23-7-9-25-10-8-23/h1-6,11-12H,7-10,20H2. The summed E-state index contributed by atoms with van der Waals surface area (Å²) in [6, 6.07) is 13.1. The number of ether oxygens (including phenoxy) is 1. The second kappa shape index (κ2) is 6.49. The number of hydrogen-bond donors (Lipinski definition) is 1. The molecule has 0 saturated carbocycles. The van der Waals surface area contributed by atoms with Crippen LogP contribution >= 0.6 is 0 Å². The molecule has 0 bridgehead atoms. The molecule has 4 rings (SSSR count). The van der Waals surface area contributed by atoms with Gasteiger partial charge in [-0.25, -0.2) is 4.98 Å². The van der Waals surface area contributed by atoms with Crippen molar-refractivity contribution in [3.05, 3.63) is 54.2 Å². The van der Waals surface area contributed by atoms with Gasteiger partial charge in [-0.2, -0.15) is 0 Å². The van der Waals surface area contributed by atoms with E-state index in [1.807, 2.05) is 41.3 Å². The van der Waals surface area contributed by atoms with E-state index >= 15 is 0 Å². The van der Waals surface area contributed by atoms with Gasteiger partial charge in [0.2, 0.25) is 0 Å². The smallest absolute Gasteiger partial charge is 0.254 e. The maximum atomic E-state index is 13.1. The first-order valence-electron chi connectivity index (χ1n) is 8.21. The zero-order valence-electron chi connectivity index (χ0n) is 13.7. The summed E-state index contributed by atoms with van der Waals surface area (Å²) in [5.41, 5.74) is 9.07. The fourth-order valence-electron chi connectivity index (χ4n) is 2.98. The predicted octanol–water partition coefficient (Wildman–Crippen LogP) is 2.35. The third kappa shape index (κ3) is 3.04. The quantitative estimate of drug-likeness (QED) is 0.778. The Hall–Kier alpha value is -2.99. The van der Waals surface area contributed by atoms with E-state index in [1.165, 1.54) is 0 Å². The maximum Gasteiger partial charge on any atom is 0.254 e. The van der Waals surface area contributed by atoms with E-state index < -0.39 is 0 Å². The monoisotopic (exact) mass is 334 g/mol. The molecule has 1 saturated heterocycles. The molecule has 25 heavy (non-hydrogen) atoms. The lowest BCUT2D eigenvalue weighted by Crippen LogP contribution is -2.40. The fourth-order valence-corrected chi connectivity index (χ4v) is 2.98. The van der Waals surface area contributed by atoms with Crippen molar-refractivity contribution < 1.29 is 9.53 Å². The van der Waals surface area contributed by atoms with Crippen LogP contribution in [0.4, 0.5) is 5.69 Å². The topological polar surface area (TPSA) is 81.3 Å². The third-order valence-corrected chi connectivity index (χ3v) is 4.29. The van der Waals surface area contributed by atoms with Gasteiger partial charge in [0.05, 0.1) is 47.6 Å². The van der Waals surface area contributed by atoms with E-state index in [-0.39, 0.29) is 5.91 Å². The molecule has 6 heteroatoms. The van der Waals surface area contributed by atoms with Gasteiger partial charge in [-0.1, -0.05) is 18.2 Å². The highest BCUT2D eigenvalue weighted by Gasteiger charge is 2.21. The van der Waals surface area contributed by atoms with E-state index in [0.29, 0.717) is 48.9 Å². The number of rotatable bonds is 2. The number of hydrogen-bond acceptors (Lipinski definition) is 5. The van der Waals surface area contributed by atoms with E-state index in [4.69, 9.17) is 10.5 Å². The zero-order chi connectivity index (χ0) is 17.2. The van der Waals surface area contributed by atoms with Crippen LogP contribution in [0.15, 0.2) is 48.7 Å². The second-order valence-electron chi connectivity index (χ2n) is 5.95. The van der Waals surface area contributed by atoms with Crippen molar-refractivity contribution in [2.24, 2.45) is 0 Å². The molecule has 0 unspecified atom stereocenters. The van der Waals surface area contributed by atoms with Gasteiger partial charge in [-0.3, -0.25) is 9.78 Å². The average molecular weight is 334 g/mol. The lowest BCUT2D eigenvalue weighted by Gasteiger charge is -2.27. The number of carbonyl (C=O) groups is 1. The number of carbonyl (C=O) groups excluding carboxylic acids is 1. The van der Waals surface area contributed by atoms with E-state index in [0.717, 1.165) is 10.9 Å².